The minimum Gasteiger partial charge on any atom is -0.467 e. The maximum Gasteiger partial charge on any atom is 0.322 e. The SMILES string of the molecule is CCS(=O)CCNc1nc(N)nc(OC)n1. The molecule has 0 spiro atoms. The number of aromatic nitrogens is 3. The molecule has 16 heavy (non-hydrogen) atoms. The van der Waals surface area contributed by atoms with Crippen molar-refractivity contribution < 1.29 is 8.95 Å². The lowest BCUT2D eigenvalue weighted by Crippen LogP contribution is -2.15. The summed E-state index contributed by atoms with van der Waals surface area (Å²) in [7, 11) is 0.640. The second kappa shape index (κ2) is 6.21. The molecule has 0 saturated carbocycles. The minimum atomic E-state index is -0.809. The molecule has 1 rings (SSSR count). The molecule has 0 radical (unpaired) electrons. The van der Waals surface area contributed by atoms with Gasteiger partial charge in [-0.05, 0) is 0 Å². The van der Waals surface area contributed by atoms with Crippen LogP contribution in [0.25, 0.3) is 0 Å². The fraction of sp³-hybridized carbons (Fsp3) is 0.625. The first-order chi connectivity index (χ1) is 7.65. The van der Waals surface area contributed by atoms with Crippen LogP contribution in [-0.2, 0) is 10.8 Å². The van der Waals surface area contributed by atoms with E-state index in [1.54, 1.807) is 0 Å². The van der Waals surface area contributed by atoms with Crippen LogP contribution in [0.15, 0.2) is 0 Å². The van der Waals surface area contributed by atoms with E-state index in [1.165, 1.54) is 7.11 Å². The summed E-state index contributed by atoms with van der Waals surface area (Å²) in [5.74, 6) is 1.61. The van der Waals surface area contributed by atoms with Crippen LogP contribution in [0.4, 0.5) is 11.9 Å². The highest BCUT2D eigenvalue weighted by atomic mass is 32.2. The van der Waals surface area contributed by atoms with Crippen LogP contribution in [-0.4, -0.2) is 44.3 Å². The van der Waals surface area contributed by atoms with Gasteiger partial charge in [-0.2, -0.15) is 15.0 Å². The van der Waals surface area contributed by atoms with E-state index in [0.29, 0.717) is 24.0 Å². The number of nitrogen functional groups attached to an aromatic ring is 1. The lowest BCUT2D eigenvalue weighted by Gasteiger charge is -2.05. The maximum atomic E-state index is 11.2. The van der Waals surface area contributed by atoms with Crippen molar-refractivity contribution in [1.29, 1.82) is 0 Å². The van der Waals surface area contributed by atoms with Crippen LogP contribution in [0.5, 0.6) is 6.01 Å². The zero-order valence-corrected chi connectivity index (χ0v) is 10.1. The molecule has 1 heterocycles. The molecule has 0 aliphatic rings. The number of hydrogen-bond donors (Lipinski definition) is 2. The molecule has 1 aromatic rings. The second-order valence-corrected chi connectivity index (χ2v) is 4.73. The fourth-order valence-electron chi connectivity index (χ4n) is 0.963. The highest BCUT2D eigenvalue weighted by molar-refractivity contribution is 7.84. The zero-order valence-electron chi connectivity index (χ0n) is 9.27. The molecule has 0 aliphatic heterocycles. The van der Waals surface area contributed by atoms with Crippen molar-refractivity contribution in [2.24, 2.45) is 0 Å². The topological polar surface area (TPSA) is 103 Å². The quantitative estimate of drug-likeness (QED) is 0.705. The van der Waals surface area contributed by atoms with E-state index in [0.717, 1.165) is 0 Å². The number of ether oxygens (including phenoxy) is 1. The predicted octanol–water partition coefficient (Wildman–Crippen LogP) is -0.357. The first-order valence-electron chi connectivity index (χ1n) is 4.80. The third-order valence-electron chi connectivity index (χ3n) is 1.75. The Morgan fingerprint density at radius 2 is 2.19 bits per heavy atom. The molecular weight excluding hydrogens is 230 g/mol. The van der Waals surface area contributed by atoms with Gasteiger partial charge in [0, 0.05) is 28.9 Å². The fourth-order valence-corrected chi connectivity index (χ4v) is 1.58. The van der Waals surface area contributed by atoms with Gasteiger partial charge in [-0.15, -0.1) is 0 Å². The summed E-state index contributed by atoms with van der Waals surface area (Å²) in [5.41, 5.74) is 5.45. The summed E-state index contributed by atoms with van der Waals surface area (Å²) in [6.45, 7) is 2.40. The van der Waals surface area contributed by atoms with Gasteiger partial charge in [0.25, 0.3) is 0 Å². The van der Waals surface area contributed by atoms with E-state index in [1.807, 2.05) is 6.92 Å². The van der Waals surface area contributed by atoms with Crippen LogP contribution < -0.4 is 15.8 Å². The highest BCUT2D eigenvalue weighted by Gasteiger charge is 2.04. The van der Waals surface area contributed by atoms with Gasteiger partial charge in [0.1, 0.15) is 0 Å². The average Bonchev–Trinajstić information content (AvgIpc) is 2.28. The summed E-state index contributed by atoms with van der Waals surface area (Å²) in [4.78, 5) is 11.6. The van der Waals surface area contributed by atoms with Gasteiger partial charge >= 0.3 is 6.01 Å². The van der Waals surface area contributed by atoms with E-state index in [-0.39, 0.29) is 12.0 Å². The number of hydrogen-bond acceptors (Lipinski definition) is 7. The maximum absolute atomic E-state index is 11.2. The third-order valence-corrected chi connectivity index (χ3v) is 3.05. The van der Waals surface area contributed by atoms with Gasteiger partial charge in [0.05, 0.1) is 7.11 Å². The predicted molar refractivity (Wildman–Crippen MR) is 62.8 cm³/mol. The van der Waals surface area contributed by atoms with Crippen molar-refractivity contribution in [1.82, 2.24) is 15.0 Å². The largest absolute Gasteiger partial charge is 0.467 e. The summed E-state index contributed by atoms with van der Waals surface area (Å²) >= 11 is 0. The summed E-state index contributed by atoms with van der Waals surface area (Å²) in [6.07, 6.45) is 0. The molecule has 90 valence electrons. The second-order valence-electron chi connectivity index (χ2n) is 2.86. The van der Waals surface area contributed by atoms with Crippen molar-refractivity contribution in [3.8, 4) is 6.01 Å². The monoisotopic (exact) mass is 245 g/mol. The Bertz CT molecular complexity index is 373. The molecule has 0 amide bonds. The molecule has 0 fully saturated rings. The van der Waals surface area contributed by atoms with Crippen molar-refractivity contribution in [2.75, 3.05) is 36.2 Å². The Morgan fingerprint density at radius 1 is 1.44 bits per heavy atom. The normalized spacial score (nSPS) is 12.1. The first kappa shape index (κ1) is 12.6. The number of nitrogens with zero attached hydrogens (tertiary/aromatic N) is 3. The Balaban J connectivity index is 2.53. The van der Waals surface area contributed by atoms with Gasteiger partial charge in [0.15, 0.2) is 0 Å². The van der Waals surface area contributed by atoms with Crippen molar-refractivity contribution in [3.05, 3.63) is 0 Å². The molecule has 1 unspecified atom stereocenters. The van der Waals surface area contributed by atoms with Gasteiger partial charge in [-0.1, -0.05) is 6.92 Å². The van der Waals surface area contributed by atoms with E-state index < -0.39 is 10.8 Å². The summed E-state index contributed by atoms with van der Waals surface area (Å²) in [5, 5.41) is 2.91. The summed E-state index contributed by atoms with van der Waals surface area (Å²) in [6, 6.07) is 0.159. The molecule has 7 nitrogen and oxygen atoms in total. The number of methoxy groups -OCH3 is 1. The molecule has 8 heteroatoms. The molecule has 1 aromatic heterocycles. The van der Waals surface area contributed by atoms with Gasteiger partial charge < -0.3 is 15.8 Å². The molecule has 1 atom stereocenters. The average molecular weight is 245 g/mol. The van der Waals surface area contributed by atoms with E-state index in [2.05, 4.69) is 20.3 Å². The number of nitrogens with one attached hydrogen (secondary N) is 1. The first-order valence-corrected chi connectivity index (χ1v) is 6.29. The lowest BCUT2D eigenvalue weighted by molar-refractivity contribution is 0.380. The standard InChI is InChI=1S/C8H15N5O2S/c1-3-16(14)5-4-10-7-11-6(9)12-8(13-7)15-2/h3-5H2,1-2H3,(H3,9,10,11,12,13). The van der Waals surface area contributed by atoms with E-state index in [4.69, 9.17) is 10.5 Å². The van der Waals surface area contributed by atoms with Crippen LogP contribution in [0, 0.1) is 0 Å². The molecule has 0 bridgehead atoms. The van der Waals surface area contributed by atoms with Crippen LogP contribution in [0.3, 0.4) is 0 Å². The zero-order chi connectivity index (χ0) is 12.0. The number of anilines is 2. The Hall–Kier alpha value is -1.44. The van der Waals surface area contributed by atoms with Gasteiger partial charge in [-0.3, -0.25) is 4.21 Å². The van der Waals surface area contributed by atoms with Crippen molar-refractivity contribution >= 4 is 22.7 Å². The van der Waals surface area contributed by atoms with Crippen molar-refractivity contribution in [2.45, 2.75) is 6.92 Å². The lowest BCUT2D eigenvalue weighted by atomic mass is 10.7. The molecule has 3 N–H and O–H groups in total. The smallest absolute Gasteiger partial charge is 0.322 e. The van der Waals surface area contributed by atoms with Crippen molar-refractivity contribution in [3.63, 3.8) is 0 Å². The Morgan fingerprint density at radius 3 is 2.81 bits per heavy atom. The van der Waals surface area contributed by atoms with Gasteiger partial charge in [-0.25, -0.2) is 0 Å². The molecule has 0 aliphatic carbocycles. The molecule has 0 aromatic carbocycles. The number of rotatable bonds is 6. The number of nitrogens with two attached hydrogens (primary N) is 1. The summed E-state index contributed by atoms with van der Waals surface area (Å²) < 4.78 is 16.0. The molecular formula is C8H15N5O2S. The Kier molecular flexibility index (Phi) is 4.90. The van der Waals surface area contributed by atoms with Crippen LogP contribution >= 0.6 is 0 Å². The minimum absolute atomic E-state index is 0.0889. The van der Waals surface area contributed by atoms with Crippen LogP contribution in [0.1, 0.15) is 6.92 Å². The van der Waals surface area contributed by atoms with Gasteiger partial charge in [0.2, 0.25) is 11.9 Å². The van der Waals surface area contributed by atoms with E-state index in [9.17, 15) is 4.21 Å². The van der Waals surface area contributed by atoms with Crippen LogP contribution in [0.2, 0.25) is 0 Å². The highest BCUT2D eigenvalue weighted by Crippen LogP contribution is 2.07. The molecule has 0 saturated heterocycles. The van der Waals surface area contributed by atoms with E-state index >= 15 is 0 Å². The third kappa shape index (κ3) is 3.97. The Labute approximate surface area is 96.3 Å².